The Morgan fingerprint density at radius 1 is 1.71 bits per heavy atom. The lowest BCUT2D eigenvalue weighted by molar-refractivity contribution is 0.0977. The van der Waals surface area contributed by atoms with Crippen molar-refractivity contribution in [3.63, 3.8) is 0 Å². The predicted octanol–water partition coefficient (Wildman–Crippen LogP) is -0.386. The Morgan fingerprint density at radius 2 is 2.43 bits per heavy atom. The minimum atomic E-state index is -2.64. The summed E-state index contributed by atoms with van der Waals surface area (Å²) in [5.41, 5.74) is 0.0687. The lowest BCUT2D eigenvalue weighted by atomic mass is 10.2. The van der Waals surface area contributed by atoms with Gasteiger partial charge in [0, 0.05) is 17.5 Å². The molecule has 0 saturated heterocycles. The van der Waals surface area contributed by atoms with Gasteiger partial charge in [0.2, 0.25) is 5.88 Å². The van der Waals surface area contributed by atoms with Gasteiger partial charge in [0.15, 0.2) is 0 Å². The second-order valence-corrected chi connectivity index (χ2v) is 2.90. The number of rotatable bonds is 3. The molecule has 1 rings (SSSR count). The lowest BCUT2D eigenvalue weighted by Crippen LogP contribution is -2.25. The van der Waals surface area contributed by atoms with Crippen LogP contribution in [0.4, 0.5) is 0 Å². The first-order valence-electron chi connectivity index (χ1n) is 3.54. The summed E-state index contributed by atoms with van der Waals surface area (Å²) in [5, 5.41) is 0. The molecule has 0 aliphatic heterocycles. The molecule has 0 saturated carbocycles. The Balaban J connectivity index is 2.94. The summed E-state index contributed by atoms with van der Waals surface area (Å²) in [5.74, 6) is -0.696. The standard InChI is InChI=1S/C7H8N2O4S/c1-13-7-5(3-2-4-8-7)6(10)9-14(11)12/h2-4H,1H3,(H,9,10)(H,11,12)/p-1. The highest BCUT2D eigenvalue weighted by Crippen LogP contribution is 2.12. The fraction of sp³-hybridized carbons (Fsp3) is 0.143. The fourth-order valence-corrected chi connectivity index (χ4v) is 1.12. The first kappa shape index (κ1) is 10.6. The third-order valence-corrected chi connectivity index (χ3v) is 1.74. The Hall–Kier alpha value is -1.47. The highest BCUT2D eigenvalue weighted by molar-refractivity contribution is 7.77. The maximum atomic E-state index is 11.2. The molecule has 1 aromatic heterocycles. The molecule has 0 radical (unpaired) electrons. The Labute approximate surface area is 82.7 Å². The molecule has 0 bridgehead atoms. The van der Waals surface area contributed by atoms with Gasteiger partial charge in [-0.3, -0.25) is 13.7 Å². The van der Waals surface area contributed by atoms with E-state index >= 15 is 0 Å². The third kappa shape index (κ3) is 2.51. The summed E-state index contributed by atoms with van der Waals surface area (Å²) < 4.78 is 26.8. The summed E-state index contributed by atoms with van der Waals surface area (Å²) in [6, 6.07) is 2.92. The van der Waals surface area contributed by atoms with Gasteiger partial charge in [0.25, 0.3) is 5.91 Å². The molecular weight excluding hydrogens is 208 g/mol. The van der Waals surface area contributed by atoms with Crippen LogP contribution in [0.2, 0.25) is 0 Å². The summed E-state index contributed by atoms with van der Waals surface area (Å²) >= 11 is -2.64. The number of hydrogen-bond donors (Lipinski definition) is 1. The normalized spacial score (nSPS) is 11.9. The highest BCUT2D eigenvalue weighted by atomic mass is 32.2. The number of amides is 1. The molecule has 1 unspecified atom stereocenters. The van der Waals surface area contributed by atoms with Crippen molar-refractivity contribution in [2.24, 2.45) is 0 Å². The smallest absolute Gasteiger partial charge is 0.267 e. The molecule has 1 atom stereocenters. The summed E-state index contributed by atoms with van der Waals surface area (Å²) in [6.07, 6.45) is 1.43. The summed E-state index contributed by atoms with van der Waals surface area (Å²) in [4.78, 5) is 15.0. The van der Waals surface area contributed by atoms with Crippen LogP contribution in [0, 0.1) is 0 Å². The van der Waals surface area contributed by atoms with Crippen LogP contribution >= 0.6 is 0 Å². The van der Waals surface area contributed by atoms with Gasteiger partial charge >= 0.3 is 0 Å². The average molecular weight is 215 g/mol. The van der Waals surface area contributed by atoms with Crippen LogP contribution in [0.5, 0.6) is 5.88 Å². The minimum absolute atomic E-state index is 0.0687. The van der Waals surface area contributed by atoms with Gasteiger partial charge in [-0.2, -0.15) is 0 Å². The lowest BCUT2D eigenvalue weighted by Gasteiger charge is -2.08. The van der Waals surface area contributed by atoms with Gasteiger partial charge < -0.3 is 9.29 Å². The number of pyridine rings is 1. The molecule has 1 amide bonds. The summed E-state index contributed by atoms with van der Waals surface area (Å²) in [7, 11) is 1.34. The first-order chi connectivity index (χ1) is 6.65. The van der Waals surface area contributed by atoms with Crippen molar-refractivity contribution in [2.45, 2.75) is 0 Å². The Kier molecular flexibility index (Phi) is 3.55. The van der Waals surface area contributed by atoms with Crippen molar-refractivity contribution >= 4 is 17.2 Å². The third-order valence-electron chi connectivity index (χ3n) is 1.39. The Bertz CT molecular complexity index is 368. The largest absolute Gasteiger partial charge is 0.755 e. The zero-order chi connectivity index (χ0) is 10.6. The van der Waals surface area contributed by atoms with Crippen LogP contribution in [-0.4, -0.2) is 26.8 Å². The van der Waals surface area contributed by atoms with Crippen LogP contribution in [0.25, 0.3) is 0 Å². The molecule has 1 aromatic rings. The van der Waals surface area contributed by atoms with Gasteiger partial charge in [-0.1, -0.05) is 0 Å². The zero-order valence-corrected chi connectivity index (χ0v) is 8.04. The SMILES string of the molecule is COc1ncccc1C(=O)NS(=O)[O-]. The van der Waals surface area contributed by atoms with E-state index in [1.165, 1.54) is 25.4 Å². The number of nitrogens with zero attached hydrogens (tertiary/aromatic N) is 1. The monoisotopic (exact) mass is 215 g/mol. The van der Waals surface area contributed by atoms with Gasteiger partial charge in [-0.25, -0.2) is 4.98 Å². The molecule has 0 aromatic carbocycles. The van der Waals surface area contributed by atoms with Crippen molar-refractivity contribution in [2.75, 3.05) is 7.11 Å². The van der Waals surface area contributed by atoms with E-state index in [-0.39, 0.29) is 11.4 Å². The highest BCUT2D eigenvalue weighted by Gasteiger charge is 2.11. The molecule has 7 heteroatoms. The van der Waals surface area contributed by atoms with E-state index in [4.69, 9.17) is 4.74 Å². The predicted molar refractivity (Wildman–Crippen MR) is 47.2 cm³/mol. The quantitative estimate of drug-likeness (QED) is 0.693. The maximum absolute atomic E-state index is 11.2. The van der Waals surface area contributed by atoms with E-state index in [0.29, 0.717) is 0 Å². The molecule has 0 spiro atoms. The minimum Gasteiger partial charge on any atom is -0.755 e. The maximum Gasteiger partial charge on any atom is 0.267 e. The molecule has 0 aliphatic rings. The molecule has 14 heavy (non-hydrogen) atoms. The number of aromatic nitrogens is 1. The fourth-order valence-electron chi connectivity index (χ4n) is 0.857. The number of methoxy groups -OCH3 is 1. The molecular formula is C7H7N2O4S-. The molecule has 1 heterocycles. The number of carbonyl (C=O) groups excluding carboxylic acids is 1. The van der Waals surface area contributed by atoms with Crippen LogP contribution in [0.1, 0.15) is 10.4 Å². The molecule has 0 fully saturated rings. The van der Waals surface area contributed by atoms with Crippen molar-refractivity contribution < 1.29 is 18.3 Å². The van der Waals surface area contributed by atoms with Crippen LogP contribution in [-0.2, 0) is 11.3 Å². The zero-order valence-electron chi connectivity index (χ0n) is 7.22. The van der Waals surface area contributed by atoms with Gasteiger partial charge in [-0.15, -0.1) is 0 Å². The van der Waals surface area contributed by atoms with Crippen molar-refractivity contribution in [3.05, 3.63) is 23.9 Å². The van der Waals surface area contributed by atoms with Crippen molar-refractivity contribution in [3.8, 4) is 5.88 Å². The number of ether oxygens (including phenoxy) is 1. The van der Waals surface area contributed by atoms with Crippen LogP contribution in [0.15, 0.2) is 18.3 Å². The Morgan fingerprint density at radius 3 is 3.00 bits per heavy atom. The second kappa shape index (κ2) is 4.68. The van der Waals surface area contributed by atoms with E-state index in [2.05, 4.69) is 4.98 Å². The molecule has 6 nitrogen and oxygen atoms in total. The van der Waals surface area contributed by atoms with E-state index in [1.54, 1.807) is 4.72 Å². The average Bonchev–Trinajstić information content (AvgIpc) is 2.16. The van der Waals surface area contributed by atoms with Gasteiger partial charge in [0.1, 0.15) is 5.56 Å². The van der Waals surface area contributed by atoms with Crippen molar-refractivity contribution in [1.29, 1.82) is 0 Å². The van der Waals surface area contributed by atoms with Crippen molar-refractivity contribution in [1.82, 2.24) is 9.71 Å². The topological polar surface area (TPSA) is 91.3 Å². The van der Waals surface area contributed by atoms with Crippen LogP contribution < -0.4 is 9.46 Å². The van der Waals surface area contributed by atoms with Crippen LogP contribution in [0.3, 0.4) is 0 Å². The number of nitrogens with one attached hydrogen (secondary N) is 1. The van der Waals surface area contributed by atoms with E-state index in [1.807, 2.05) is 0 Å². The van der Waals surface area contributed by atoms with Gasteiger partial charge in [-0.05, 0) is 12.1 Å². The summed E-state index contributed by atoms with van der Waals surface area (Å²) in [6.45, 7) is 0. The molecule has 1 N–H and O–H groups in total. The molecule has 76 valence electrons. The first-order valence-corrected chi connectivity index (χ1v) is 4.62. The number of carbonyl (C=O) groups is 1. The number of hydrogen-bond acceptors (Lipinski definition) is 5. The van der Waals surface area contributed by atoms with E-state index < -0.39 is 17.2 Å². The van der Waals surface area contributed by atoms with E-state index in [0.717, 1.165) is 0 Å². The van der Waals surface area contributed by atoms with E-state index in [9.17, 15) is 13.6 Å². The molecule has 0 aliphatic carbocycles. The van der Waals surface area contributed by atoms with Gasteiger partial charge in [0.05, 0.1) is 7.11 Å². The second-order valence-electron chi connectivity index (χ2n) is 2.23.